The van der Waals surface area contributed by atoms with Gasteiger partial charge in [0.25, 0.3) is 0 Å². The van der Waals surface area contributed by atoms with Crippen LogP contribution in [0.1, 0.15) is 16.7 Å². The smallest absolute Gasteiger partial charge is 0.247 e. The molecule has 0 spiro atoms. The number of aromatic nitrogens is 1. The van der Waals surface area contributed by atoms with Gasteiger partial charge in [-0.3, -0.25) is 9.78 Å². The number of nitriles is 1. The summed E-state index contributed by atoms with van der Waals surface area (Å²) in [6.45, 7) is 3.47. The Labute approximate surface area is 157 Å². The molecule has 132 valence electrons. The fraction of sp³-hybridized carbons (Fsp3) is 0.0455. The maximum absolute atomic E-state index is 11.9. The molecule has 1 amide bonds. The predicted molar refractivity (Wildman–Crippen MR) is 104 cm³/mol. The SMILES string of the molecule is C=CC(=O)Nc1cc(-c2ccccn2)c(C#N)c(O)c1Cc1ccccc1. The van der Waals surface area contributed by atoms with Gasteiger partial charge < -0.3 is 10.4 Å². The predicted octanol–water partition coefficient (Wildman–Crippen LogP) is 4.04. The molecule has 0 radical (unpaired) electrons. The number of phenolic OH excluding ortho intramolecular Hbond substituents is 1. The zero-order chi connectivity index (χ0) is 19.2. The van der Waals surface area contributed by atoms with Crippen LogP contribution in [-0.4, -0.2) is 16.0 Å². The van der Waals surface area contributed by atoms with Crippen molar-refractivity contribution in [2.45, 2.75) is 6.42 Å². The van der Waals surface area contributed by atoms with Crippen LogP contribution in [0.25, 0.3) is 11.3 Å². The molecule has 3 rings (SSSR count). The van der Waals surface area contributed by atoms with Crippen LogP contribution in [0, 0.1) is 11.3 Å². The maximum Gasteiger partial charge on any atom is 0.247 e. The van der Waals surface area contributed by atoms with Gasteiger partial charge in [0.1, 0.15) is 17.4 Å². The third kappa shape index (κ3) is 3.86. The summed E-state index contributed by atoms with van der Waals surface area (Å²) in [5.74, 6) is -0.566. The number of hydrogen-bond donors (Lipinski definition) is 2. The summed E-state index contributed by atoms with van der Waals surface area (Å²) in [7, 11) is 0. The second-order valence-electron chi connectivity index (χ2n) is 5.86. The van der Waals surface area contributed by atoms with Crippen LogP contribution in [0.15, 0.2) is 73.4 Å². The van der Waals surface area contributed by atoms with Crippen molar-refractivity contribution in [3.8, 4) is 23.1 Å². The van der Waals surface area contributed by atoms with Crippen LogP contribution in [0.3, 0.4) is 0 Å². The van der Waals surface area contributed by atoms with E-state index in [1.165, 1.54) is 0 Å². The number of carbonyl (C=O) groups is 1. The lowest BCUT2D eigenvalue weighted by atomic mass is 9.94. The first-order chi connectivity index (χ1) is 13.1. The molecule has 1 heterocycles. The molecule has 5 nitrogen and oxygen atoms in total. The van der Waals surface area contributed by atoms with Gasteiger partial charge in [-0.15, -0.1) is 0 Å². The molecule has 2 aromatic carbocycles. The number of aromatic hydroxyl groups is 1. The molecule has 0 unspecified atom stereocenters. The zero-order valence-corrected chi connectivity index (χ0v) is 14.5. The molecule has 0 aliphatic heterocycles. The van der Waals surface area contributed by atoms with E-state index in [9.17, 15) is 15.2 Å². The van der Waals surface area contributed by atoms with Crippen molar-refractivity contribution < 1.29 is 9.90 Å². The fourth-order valence-electron chi connectivity index (χ4n) is 2.82. The number of nitrogens with zero attached hydrogens (tertiary/aromatic N) is 2. The Hall–Kier alpha value is -3.91. The molecule has 3 aromatic rings. The molecule has 0 bridgehead atoms. The lowest BCUT2D eigenvalue weighted by molar-refractivity contribution is -0.111. The summed E-state index contributed by atoms with van der Waals surface area (Å²) in [6.07, 6.45) is 3.12. The first-order valence-corrected chi connectivity index (χ1v) is 8.31. The standard InChI is InChI=1S/C22H17N3O2/c1-2-21(26)25-20-13-16(19-10-6-7-11-24-19)18(14-23)22(27)17(20)12-15-8-4-3-5-9-15/h2-11,13,27H,1,12H2,(H,25,26). The number of amides is 1. The molecule has 2 N–H and O–H groups in total. The number of pyridine rings is 1. The molecule has 0 aliphatic rings. The third-order valence-corrected chi connectivity index (χ3v) is 4.13. The van der Waals surface area contributed by atoms with Crippen molar-refractivity contribution in [1.82, 2.24) is 4.98 Å². The van der Waals surface area contributed by atoms with Crippen molar-refractivity contribution in [3.63, 3.8) is 0 Å². The van der Waals surface area contributed by atoms with Gasteiger partial charge in [-0.25, -0.2) is 0 Å². The quantitative estimate of drug-likeness (QED) is 0.676. The van der Waals surface area contributed by atoms with Gasteiger partial charge in [0.2, 0.25) is 5.91 Å². The topological polar surface area (TPSA) is 86.0 Å². The van der Waals surface area contributed by atoms with Crippen LogP contribution in [0.5, 0.6) is 5.75 Å². The number of benzene rings is 2. The molecule has 0 saturated heterocycles. The Morgan fingerprint density at radius 2 is 1.96 bits per heavy atom. The summed E-state index contributed by atoms with van der Waals surface area (Å²) >= 11 is 0. The molecule has 0 aliphatic carbocycles. The average Bonchev–Trinajstić information content (AvgIpc) is 2.71. The van der Waals surface area contributed by atoms with Gasteiger partial charge in [0, 0.05) is 29.4 Å². The molecule has 27 heavy (non-hydrogen) atoms. The summed E-state index contributed by atoms with van der Waals surface area (Å²) in [5.41, 5.74) is 2.93. The lowest BCUT2D eigenvalue weighted by Gasteiger charge is -2.16. The Morgan fingerprint density at radius 1 is 1.22 bits per heavy atom. The average molecular weight is 355 g/mol. The largest absolute Gasteiger partial charge is 0.506 e. The number of rotatable bonds is 5. The highest BCUT2D eigenvalue weighted by Gasteiger charge is 2.20. The van der Waals surface area contributed by atoms with Crippen molar-refractivity contribution >= 4 is 11.6 Å². The first kappa shape index (κ1) is 17.9. The Bertz CT molecular complexity index is 1020. The molecular weight excluding hydrogens is 338 g/mol. The van der Waals surface area contributed by atoms with Crippen molar-refractivity contribution in [2.75, 3.05) is 5.32 Å². The van der Waals surface area contributed by atoms with E-state index in [4.69, 9.17) is 0 Å². The second kappa shape index (κ2) is 7.98. The molecule has 1 aromatic heterocycles. The lowest BCUT2D eigenvalue weighted by Crippen LogP contribution is -2.11. The number of phenols is 1. The van der Waals surface area contributed by atoms with E-state index in [0.717, 1.165) is 11.6 Å². The summed E-state index contributed by atoms with van der Waals surface area (Å²) in [4.78, 5) is 16.2. The monoisotopic (exact) mass is 355 g/mol. The number of carbonyl (C=O) groups excluding carboxylic acids is 1. The van der Waals surface area contributed by atoms with E-state index < -0.39 is 5.91 Å². The van der Waals surface area contributed by atoms with Gasteiger partial charge in [-0.1, -0.05) is 43.0 Å². The van der Waals surface area contributed by atoms with Crippen molar-refractivity contribution in [2.24, 2.45) is 0 Å². The van der Waals surface area contributed by atoms with Crippen LogP contribution < -0.4 is 5.32 Å². The molecule has 0 fully saturated rings. The van der Waals surface area contributed by atoms with Crippen molar-refractivity contribution in [3.05, 3.63) is 90.1 Å². The first-order valence-electron chi connectivity index (χ1n) is 8.31. The highest BCUT2D eigenvalue weighted by atomic mass is 16.3. The van der Waals surface area contributed by atoms with Gasteiger partial charge in [-0.2, -0.15) is 5.26 Å². The number of anilines is 1. The zero-order valence-electron chi connectivity index (χ0n) is 14.5. The summed E-state index contributed by atoms with van der Waals surface area (Å²) in [5, 5.41) is 23.2. The fourth-order valence-corrected chi connectivity index (χ4v) is 2.82. The highest BCUT2D eigenvalue weighted by molar-refractivity contribution is 6.00. The minimum atomic E-state index is -0.402. The van der Waals surface area contributed by atoms with Crippen LogP contribution in [0.2, 0.25) is 0 Å². The molecular formula is C22H17N3O2. The summed E-state index contributed by atoms with van der Waals surface area (Å²) < 4.78 is 0. The third-order valence-electron chi connectivity index (χ3n) is 4.13. The van der Waals surface area contributed by atoms with Crippen molar-refractivity contribution in [1.29, 1.82) is 5.26 Å². The van der Waals surface area contributed by atoms with E-state index in [0.29, 0.717) is 28.9 Å². The van der Waals surface area contributed by atoms with E-state index in [2.05, 4.69) is 22.9 Å². The maximum atomic E-state index is 11.9. The van der Waals surface area contributed by atoms with Gasteiger partial charge >= 0.3 is 0 Å². The molecule has 5 heteroatoms. The van der Waals surface area contributed by atoms with E-state index >= 15 is 0 Å². The van der Waals surface area contributed by atoms with Gasteiger partial charge in [-0.05, 0) is 29.8 Å². The number of hydrogen-bond acceptors (Lipinski definition) is 4. The van der Waals surface area contributed by atoms with E-state index in [1.807, 2.05) is 30.3 Å². The highest BCUT2D eigenvalue weighted by Crippen LogP contribution is 2.38. The Kier molecular flexibility index (Phi) is 5.29. The molecule has 0 atom stereocenters. The minimum absolute atomic E-state index is 0.122. The van der Waals surface area contributed by atoms with Gasteiger partial charge in [0.05, 0.1) is 5.69 Å². The van der Waals surface area contributed by atoms with Crippen LogP contribution in [-0.2, 0) is 11.2 Å². The Balaban J connectivity index is 2.20. The minimum Gasteiger partial charge on any atom is -0.506 e. The van der Waals surface area contributed by atoms with E-state index in [-0.39, 0.29) is 11.3 Å². The number of nitrogens with one attached hydrogen (secondary N) is 1. The van der Waals surface area contributed by atoms with Crippen LogP contribution >= 0.6 is 0 Å². The molecule has 0 saturated carbocycles. The van der Waals surface area contributed by atoms with E-state index in [1.54, 1.807) is 30.5 Å². The van der Waals surface area contributed by atoms with Gasteiger partial charge in [0.15, 0.2) is 0 Å². The normalized spacial score (nSPS) is 10.0. The van der Waals surface area contributed by atoms with Crippen LogP contribution in [0.4, 0.5) is 5.69 Å². The Morgan fingerprint density at radius 3 is 2.59 bits per heavy atom. The second-order valence-corrected chi connectivity index (χ2v) is 5.86. The summed E-state index contributed by atoms with van der Waals surface area (Å²) in [6, 6.07) is 18.5.